The van der Waals surface area contributed by atoms with E-state index >= 15 is 0 Å². The Hall–Kier alpha value is -1.79. The van der Waals surface area contributed by atoms with Crippen molar-refractivity contribution in [3.05, 3.63) is 34.9 Å². The quantitative estimate of drug-likeness (QED) is 0.457. The lowest BCUT2D eigenvalue weighted by Gasteiger charge is -2.36. The normalized spacial score (nSPS) is 16.3. The summed E-state index contributed by atoms with van der Waals surface area (Å²) in [7, 11) is 1.80. The Bertz CT molecular complexity index is 648. The molecule has 1 amide bonds. The summed E-state index contributed by atoms with van der Waals surface area (Å²) >= 11 is 6.07. The molecule has 2 rings (SSSR count). The molecule has 6 nitrogen and oxygen atoms in total. The number of piperazine rings is 1. The average molecular weight is 394 g/mol. The number of halogens is 1. The molecule has 1 fully saturated rings. The van der Waals surface area contributed by atoms with Gasteiger partial charge in [0, 0.05) is 63.3 Å². The smallest absolute Gasteiger partial charge is 0.225 e. The van der Waals surface area contributed by atoms with Crippen LogP contribution in [0, 0.1) is 5.41 Å². The molecular weight excluding hydrogens is 362 g/mol. The number of benzene rings is 1. The molecule has 150 valence electrons. The number of hydrogen-bond donors (Lipinski definition) is 2. The van der Waals surface area contributed by atoms with Crippen LogP contribution in [0.2, 0.25) is 5.02 Å². The van der Waals surface area contributed by atoms with Crippen molar-refractivity contribution in [3.8, 4) is 0 Å². The van der Waals surface area contributed by atoms with Crippen LogP contribution in [0.5, 0.6) is 0 Å². The van der Waals surface area contributed by atoms with Crippen LogP contribution in [0.1, 0.15) is 26.3 Å². The van der Waals surface area contributed by atoms with Crippen molar-refractivity contribution in [1.82, 2.24) is 20.4 Å². The maximum Gasteiger partial charge on any atom is 0.225 e. The second kappa shape index (κ2) is 9.95. The van der Waals surface area contributed by atoms with Crippen LogP contribution in [-0.2, 0) is 11.3 Å². The molecule has 0 saturated carbocycles. The molecule has 0 radical (unpaired) electrons. The molecule has 7 heteroatoms. The highest BCUT2D eigenvalue weighted by atomic mass is 35.5. The molecule has 2 N–H and O–H groups in total. The summed E-state index contributed by atoms with van der Waals surface area (Å²) in [6.07, 6.45) is 0. The zero-order valence-corrected chi connectivity index (χ0v) is 17.6. The standard InChI is InChI=1S/C20H32ClN5O/c1-20(2,3)18(27)23-8-9-24-19(22-4)26-12-10-25(11-13-26)15-16-6-5-7-17(21)14-16/h5-7,14H,8-13,15H2,1-4H3,(H,22,24)(H,23,27). The van der Waals surface area contributed by atoms with Gasteiger partial charge in [-0.1, -0.05) is 44.5 Å². The largest absolute Gasteiger partial charge is 0.354 e. The van der Waals surface area contributed by atoms with Gasteiger partial charge >= 0.3 is 0 Å². The summed E-state index contributed by atoms with van der Waals surface area (Å²) in [6.45, 7) is 11.7. The maximum absolute atomic E-state index is 11.9. The molecule has 1 aliphatic rings. The van der Waals surface area contributed by atoms with Gasteiger partial charge in [-0.3, -0.25) is 14.7 Å². The van der Waals surface area contributed by atoms with E-state index in [1.165, 1.54) is 5.56 Å². The van der Waals surface area contributed by atoms with Crippen LogP contribution in [-0.4, -0.2) is 68.0 Å². The van der Waals surface area contributed by atoms with E-state index in [1.54, 1.807) is 7.05 Å². The molecular formula is C20H32ClN5O. The summed E-state index contributed by atoms with van der Waals surface area (Å²) in [4.78, 5) is 21.0. The summed E-state index contributed by atoms with van der Waals surface area (Å²) < 4.78 is 0. The van der Waals surface area contributed by atoms with E-state index in [0.717, 1.165) is 43.7 Å². The van der Waals surface area contributed by atoms with E-state index in [4.69, 9.17) is 11.6 Å². The molecule has 1 aliphatic heterocycles. The van der Waals surface area contributed by atoms with E-state index in [-0.39, 0.29) is 11.3 Å². The number of carbonyl (C=O) groups is 1. The number of hydrogen-bond acceptors (Lipinski definition) is 3. The van der Waals surface area contributed by atoms with Crippen molar-refractivity contribution < 1.29 is 4.79 Å². The van der Waals surface area contributed by atoms with Crippen LogP contribution < -0.4 is 10.6 Å². The molecule has 0 bridgehead atoms. The third-order valence-electron chi connectivity index (χ3n) is 4.55. The number of rotatable bonds is 5. The fourth-order valence-electron chi connectivity index (χ4n) is 2.96. The Balaban J connectivity index is 1.72. The zero-order chi connectivity index (χ0) is 19.9. The second-order valence-corrected chi connectivity index (χ2v) is 8.31. The van der Waals surface area contributed by atoms with E-state index in [2.05, 4.69) is 31.5 Å². The van der Waals surface area contributed by atoms with Crippen molar-refractivity contribution >= 4 is 23.5 Å². The first-order valence-corrected chi connectivity index (χ1v) is 9.88. The molecule has 0 aromatic heterocycles. The lowest BCUT2D eigenvalue weighted by atomic mass is 9.96. The highest BCUT2D eigenvalue weighted by Gasteiger charge is 2.21. The molecule has 1 aromatic carbocycles. The van der Waals surface area contributed by atoms with Crippen molar-refractivity contribution in [1.29, 1.82) is 0 Å². The first-order valence-electron chi connectivity index (χ1n) is 9.50. The predicted molar refractivity (Wildman–Crippen MR) is 112 cm³/mol. The van der Waals surface area contributed by atoms with E-state index in [0.29, 0.717) is 13.1 Å². The van der Waals surface area contributed by atoms with Crippen molar-refractivity contribution in [2.75, 3.05) is 46.3 Å². The Morgan fingerprint density at radius 2 is 1.81 bits per heavy atom. The predicted octanol–water partition coefficient (Wildman–Crippen LogP) is 2.20. The van der Waals surface area contributed by atoms with Gasteiger partial charge in [0.1, 0.15) is 0 Å². The number of nitrogens with zero attached hydrogens (tertiary/aromatic N) is 3. The minimum Gasteiger partial charge on any atom is -0.354 e. The van der Waals surface area contributed by atoms with E-state index < -0.39 is 0 Å². The monoisotopic (exact) mass is 393 g/mol. The lowest BCUT2D eigenvalue weighted by molar-refractivity contribution is -0.128. The van der Waals surface area contributed by atoms with Crippen molar-refractivity contribution in [2.24, 2.45) is 10.4 Å². The van der Waals surface area contributed by atoms with Crippen molar-refractivity contribution in [3.63, 3.8) is 0 Å². The van der Waals surface area contributed by atoms with Crippen molar-refractivity contribution in [2.45, 2.75) is 27.3 Å². The third-order valence-corrected chi connectivity index (χ3v) is 4.79. The van der Waals surface area contributed by atoms with Gasteiger partial charge in [0.05, 0.1) is 0 Å². The van der Waals surface area contributed by atoms with E-state index in [9.17, 15) is 4.79 Å². The van der Waals surface area contributed by atoms with Crippen LogP contribution in [0.15, 0.2) is 29.3 Å². The SMILES string of the molecule is CN=C(NCCNC(=O)C(C)(C)C)N1CCN(Cc2cccc(Cl)c2)CC1. The summed E-state index contributed by atoms with van der Waals surface area (Å²) in [5.74, 6) is 0.955. The Labute approximate surface area is 168 Å². The molecule has 1 heterocycles. The zero-order valence-electron chi connectivity index (χ0n) is 16.9. The molecule has 1 aromatic rings. The van der Waals surface area contributed by atoms with E-state index in [1.807, 2.05) is 39.0 Å². The Kier molecular flexibility index (Phi) is 7.92. The van der Waals surface area contributed by atoms with Gasteiger partial charge in [-0.2, -0.15) is 0 Å². The molecule has 0 atom stereocenters. The van der Waals surface area contributed by atoms with Gasteiger partial charge in [-0.25, -0.2) is 0 Å². The Morgan fingerprint density at radius 3 is 2.41 bits per heavy atom. The van der Waals surface area contributed by atoms with Gasteiger partial charge in [0.2, 0.25) is 5.91 Å². The number of carbonyl (C=O) groups excluding carboxylic acids is 1. The lowest BCUT2D eigenvalue weighted by Crippen LogP contribution is -2.53. The van der Waals surface area contributed by atoms with Gasteiger partial charge < -0.3 is 15.5 Å². The van der Waals surface area contributed by atoms with Gasteiger partial charge in [0.15, 0.2) is 5.96 Å². The van der Waals surface area contributed by atoms with Crippen LogP contribution >= 0.6 is 11.6 Å². The number of nitrogens with one attached hydrogen (secondary N) is 2. The molecule has 0 spiro atoms. The highest BCUT2D eigenvalue weighted by Crippen LogP contribution is 2.14. The molecule has 1 saturated heterocycles. The van der Waals surface area contributed by atoms with Crippen LogP contribution in [0.4, 0.5) is 0 Å². The average Bonchev–Trinajstić information content (AvgIpc) is 2.62. The summed E-state index contributed by atoms with van der Waals surface area (Å²) in [6, 6.07) is 8.05. The van der Waals surface area contributed by atoms with Crippen LogP contribution in [0.25, 0.3) is 0 Å². The first kappa shape index (κ1) is 21.5. The highest BCUT2D eigenvalue weighted by molar-refractivity contribution is 6.30. The second-order valence-electron chi connectivity index (χ2n) is 7.87. The fraction of sp³-hybridized carbons (Fsp3) is 0.600. The minimum absolute atomic E-state index is 0.0638. The third kappa shape index (κ3) is 7.03. The minimum atomic E-state index is -0.360. The Morgan fingerprint density at radius 1 is 1.15 bits per heavy atom. The summed E-state index contributed by atoms with van der Waals surface area (Å²) in [5, 5.41) is 7.08. The molecule has 0 aliphatic carbocycles. The van der Waals surface area contributed by atoms with Gasteiger partial charge in [-0.15, -0.1) is 0 Å². The maximum atomic E-state index is 11.9. The van der Waals surface area contributed by atoms with Gasteiger partial charge in [0.25, 0.3) is 0 Å². The van der Waals surface area contributed by atoms with Gasteiger partial charge in [-0.05, 0) is 17.7 Å². The first-order chi connectivity index (χ1) is 12.8. The number of aliphatic imine (C=N–C) groups is 1. The topological polar surface area (TPSA) is 60.0 Å². The number of amides is 1. The van der Waals surface area contributed by atoms with Crippen LogP contribution in [0.3, 0.4) is 0 Å². The molecule has 27 heavy (non-hydrogen) atoms. The number of guanidine groups is 1. The fourth-order valence-corrected chi connectivity index (χ4v) is 3.17. The summed E-state index contributed by atoms with van der Waals surface area (Å²) in [5.41, 5.74) is 0.883. The molecule has 0 unspecified atom stereocenters.